The first-order valence-corrected chi connectivity index (χ1v) is 10.8. The average molecular weight is 410 g/mol. The molecule has 1 aliphatic rings. The van der Waals surface area contributed by atoms with E-state index in [9.17, 15) is 13.2 Å². The monoisotopic (exact) mass is 409 g/mol. The van der Waals surface area contributed by atoms with Crippen molar-refractivity contribution in [2.24, 2.45) is 4.99 Å². The van der Waals surface area contributed by atoms with Crippen molar-refractivity contribution < 1.29 is 13.2 Å². The van der Waals surface area contributed by atoms with Crippen LogP contribution < -0.4 is 4.90 Å². The zero-order valence-corrected chi connectivity index (χ0v) is 17.3. The van der Waals surface area contributed by atoms with Crippen LogP contribution in [0.25, 0.3) is 0 Å². The number of unbranched alkanes of at least 4 members (excludes halogenated alkanes) is 1. The van der Waals surface area contributed by atoms with E-state index in [1.54, 1.807) is 42.4 Å². The SMILES string of the molecule is CCC/C=C1/C(S(=O)(=O)CC(=O)N(C)c2ccccc2)=NC(Cl)=CN1CC. The van der Waals surface area contributed by atoms with E-state index in [1.807, 2.05) is 26.0 Å². The van der Waals surface area contributed by atoms with Crippen molar-refractivity contribution in [3.63, 3.8) is 0 Å². The van der Waals surface area contributed by atoms with E-state index < -0.39 is 21.5 Å². The lowest BCUT2D eigenvalue weighted by molar-refractivity contribution is -0.115. The minimum absolute atomic E-state index is 0.0768. The smallest absolute Gasteiger partial charge is 0.242 e. The molecule has 0 bridgehead atoms. The maximum atomic E-state index is 13.0. The zero-order chi connectivity index (χ0) is 20.0. The highest BCUT2D eigenvalue weighted by molar-refractivity contribution is 8.07. The number of carbonyl (C=O) groups is 1. The summed E-state index contributed by atoms with van der Waals surface area (Å²) in [6, 6.07) is 8.89. The summed E-state index contributed by atoms with van der Waals surface area (Å²) in [4.78, 5) is 19.7. The number of benzene rings is 1. The van der Waals surface area contributed by atoms with Gasteiger partial charge in [-0.15, -0.1) is 0 Å². The first-order chi connectivity index (χ1) is 12.8. The van der Waals surface area contributed by atoms with Gasteiger partial charge in [0.05, 0.1) is 5.70 Å². The number of amides is 1. The van der Waals surface area contributed by atoms with Gasteiger partial charge in [0.25, 0.3) is 0 Å². The Morgan fingerprint density at radius 2 is 1.93 bits per heavy atom. The van der Waals surface area contributed by atoms with Crippen LogP contribution >= 0.6 is 11.6 Å². The van der Waals surface area contributed by atoms with Gasteiger partial charge in [0.2, 0.25) is 15.7 Å². The molecule has 0 spiro atoms. The Morgan fingerprint density at radius 3 is 2.52 bits per heavy atom. The third-order valence-electron chi connectivity index (χ3n) is 4.09. The van der Waals surface area contributed by atoms with Gasteiger partial charge >= 0.3 is 0 Å². The second-order valence-electron chi connectivity index (χ2n) is 6.08. The van der Waals surface area contributed by atoms with Crippen molar-refractivity contribution in [3.8, 4) is 0 Å². The fourth-order valence-corrected chi connectivity index (χ4v) is 4.27. The van der Waals surface area contributed by atoms with Crippen LogP contribution in [0.2, 0.25) is 0 Å². The van der Waals surface area contributed by atoms with Crippen molar-refractivity contribution in [1.82, 2.24) is 4.90 Å². The number of para-hydroxylation sites is 1. The fourth-order valence-electron chi connectivity index (χ4n) is 2.60. The quantitative estimate of drug-likeness (QED) is 0.674. The molecule has 27 heavy (non-hydrogen) atoms. The van der Waals surface area contributed by atoms with E-state index in [2.05, 4.69) is 4.99 Å². The molecule has 0 unspecified atom stereocenters. The number of sulfone groups is 1. The van der Waals surface area contributed by atoms with E-state index in [1.165, 1.54) is 4.90 Å². The van der Waals surface area contributed by atoms with Crippen LogP contribution in [0.5, 0.6) is 0 Å². The summed E-state index contributed by atoms with van der Waals surface area (Å²) in [5, 5.41) is -0.0759. The van der Waals surface area contributed by atoms with Crippen LogP contribution in [0.3, 0.4) is 0 Å². The molecule has 0 aliphatic carbocycles. The van der Waals surface area contributed by atoms with E-state index in [0.717, 1.165) is 6.42 Å². The Kier molecular flexibility index (Phi) is 7.21. The van der Waals surface area contributed by atoms with Crippen molar-refractivity contribution in [1.29, 1.82) is 0 Å². The molecule has 0 saturated heterocycles. The Labute approximate surface area is 165 Å². The number of rotatable bonds is 6. The normalized spacial score (nSPS) is 16.1. The lowest BCUT2D eigenvalue weighted by Gasteiger charge is -2.27. The Hall–Kier alpha value is -2.12. The van der Waals surface area contributed by atoms with E-state index in [0.29, 0.717) is 24.4 Å². The van der Waals surface area contributed by atoms with Crippen molar-refractivity contribution >= 4 is 38.1 Å². The topological polar surface area (TPSA) is 70.0 Å². The molecule has 1 aromatic rings. The summed E-state index contributed by atoms with van der Waals surface area (Å²) in [7, 11) is -2.42. The Morgan fingerprint density at radius 1 is 1.26 bits per heavy atom. The Bertz CT molecular complexity index is 877. The number of hydrogen-bond acceptors (Lipinski definition) is 5. The minimum Gasteiger partial charge on any atom is -0.343 e. The number of allylic oxidation sites excluding steroid dienone is 1. The maximum absolute atomic E-state index is 13.0. The van der Waals surface area contributed by atoms with Gasteiger partial charge < -0.3 is 9.80 Å². The molecule has 0 N–H and O–H groups in total. The van der Waals surface area contributed by atoms with Crippen molar-refractivity contribution in [2.75, 3.05) is 24.2 Å². The second-order valence-corrected chi connectivity index (χ2v) is 8.37. The predicted molar refractivity (Wildman–Crippen MR) is 110 cm³/mol. The lowest BCUT2D eigenvalue weighted by atomic mass is 10.2. The number of anilines is 1. The van der Waals surface area contributed by atoms with E-state index in [4.69, 9.17) is 11.6 Å². The molecule has 2 rings (SSSR count). The second kappa shape index (κ2) is 9.19. The van der Waals surface area contributed by atoms with E-state index in [-0.39, 0.29) is 10.2 Å². The van der Waals surface area contributed by atoms with Crippen LogP contribution in [0.1, 0.15) is 26.7 Å². The lowest BCUT2D eigenvalue weighted by Crippen LogP contribution is -2.38. The van der Waals surface area contributed by atoms with Gasteiger partial charge in [0.1, 0.15) is 10.9 Å². The molecule has 8 heteroatoms. The molecule has 1 amide bonds. The summed E-state index contributed by atoms with van der Waals surface area (Å²) >= 11 is 6.03. The molecule has 6 nitrogen and oxygen atoms in total. The van der Waals surface area contributed by atoms with Gasteiger partial charge in [-0.3, -0.25) is 4.79 Å². The molecular weight excluding hydrogens is 386 g/mol. The molecular formula is C19H24ClN3O3S. The fraction of sp³-hybridized carbons (Fsp3) is 0.368. The number of nitrogens with zero attached hydrogens (tertiary/aromatic N) is 3. The Balaban J connectivity index is 2.32. The van der Waals surface area contributed by atoms with Gasteiger partial charge in [-0.25, -0.2) is 13.4 Å². The van der Waals surface area contributed by atoms with Gasteiger partial charge in [-0.2, -0.15) is 0 Å². The van der Waals surface area contributed by atoms with Crippen molar-refractivity contribution in [3.05, 3.63) is 53.5 Å². The number of aliphatic imine (C=N–C) groups is 1. The highest BCUT2D eigenvalue weighted by Crippen LogP contribution is 2.24. The summed E-state index contributed by atoms with van der Waals surface area (Å²) in [6.45, 7) is 4.44. The third-order valence-corrected chi connectivity index (χ3v) is 5.79. The summed E-state index contributed by atoms with van der Waals surface area (Å²) in [5.74, 6) is -1.21. The first-order valence-electron chi connectivity index (χ1n) is 8.77. The van der Waals surface area contributed by atoms with Gasteiger partial charge in [0.15, 0.2) is 5.04 Å². The van der Waals surface area contributed by atoms with Crippen LogP contribution in [-0.4, -0.2) is 43.6 Å². The van der Waals surface area contributed by atoms with E-state index >= 15 is 0 Å². The summed E-state index contributed by atoms with van der Waals surface area (Å²) in [5.41, 5.74) is 1.09. The molecule has 0 aromatic heterocycles. The zero-order valence-electron chi connectivity index (χ0n) is 15.7. The first kappa shape index (κ1) is 21.2. The number of carbonyl (C=O) groups excluding carboxylic acids is 1. The molecule has 0 radical (unpaired) electrons. The van der Waals surface area contributed by atoms with Crippen LogP contribution in [0.4, 0.5) is 5.69 Å². The summed E-state index contributed by atoms with van der Waals surface area (Å²) in [6.07, 6.45) is 4.98. The predicted octanol–water partition coefficient (Wildman–Crippen LogP) is 3.52. The largest absolute Gasteiger partial charge is 0.343 e. The highest BCUT2D eigenvalue weighted by Gasteiger charge is 2.32. The molecule has 1 aliphatic heterocycles. The molecule has 0 atom stereocenters. The van der Waals surface area contributed by atoms with Gasteiger partial charge in [-0.05, 0) is 25.5 Å². The van der Waals surface area contributed by atoms with Gasteiger partial charge in [0, 0.05) is 25.5 Å². The number of hydrogen-bond donors (Lipinski definition) is 0. The van der Waals surface area contributed by atoms with Crippen LogP contribution in [0.15, 0.2) is 58.5 Å². The molecule has 146 valence electrons. The average Bonchev–Trinajstić information content (AvgIpc) is 2.66. The standard InChI is InChI=1S/C19H24ClN3O3S/c1-4-6-12-16-19(21-17(20)13-23(16)5-2)27(25,26)14-18(24)22(3)15-10-8-7-9-11-15/h7-13H,4-6,14H2,1-3H3/b16-12-. The molecule has 1 aromatic carbocycles. The van der Waals surface area contributed by atoms with Crippen molar-refractivity contribution in [2.45, 2.75) is 26.7 Å². The van der Waals surface area contributed by atoms with Crippen LogP contribution in [-0.2, 0) is 14.6 Å². The van der Waals surface area contributed by atoms with Crippen LogP contribution in [0, 0.1) is 0 Å². The highest BCUT2D eigenvalue weighted by atomic mass is 35.5. The number of halogens is 1. The molecule has 0 saturated carbocycles. The van der Waals surface area contributed by atoms with Gasteiger partial charge in [-0.1, -0.05) is 49.2 Å². The third kappa shape index (κ3) is 5.20. The molecule has 1 heterocycles. The molecule has 0 fully saturated rings. The minimum atomic E-state index is -3.97. The maximum Gasteiger partial charge on any atom is 0.242 e. The summed E-state index contributed by atoms with van der Waals surface area (Å²) < 4.78 is 26.0.